The molecule has 0 saturated carbocycles. The van der Waals surface area contributed by atoms with Gasteiger partial charge in [-0.25, -0.2) is 0 Å². The first-order valence-electron chi connectivity index (χ1n) is 11.6. The van der Waals surface area contributed by atoms with Crippen LogP contribution in [0.4, 0.5) is 35.1 Å². The van der Waals surface area contributed by atoms with E-state index < -0.39 is 101 Å². The van der Waals surface area contributed by atoms with E-state index in [-0.39, 0.29) is 24.3 Å². The summed E-state index contributed by atoms with van der Waals surface area (Å²) >= 11 is 0. The summed E-state index contributed by atoms with van der Waals surface area (Å²) in [6, 6.07) is 1.51. The fourth-order valence-corrected chi connectivity index (χ4v) is 5.53. The minimum Gasteiger partial charge on any atom is -0.293 e. The average Bonchev–Trinajstić information content (AvgIpc) is 2.87. The van der Waals surface area contributed by atoms with Crippen molar-refractivity contribution in [3.05, 3.63) is 70.8 Å². The monoisotopic (exact) mass is 654 g/mol. The van der Waals surface area contributed by atoms with Crippen LogP contribution in [0, 0.1) is 0 Å². The maximum Gasteiger partial charge on any atom is 0.382 e. The molecule has 42 heavy (non-hydrogen) atoms. The molecule has 0 radical (unpaired) electrons. The largest absolute Gasteiger partial charge is 0.382 e. The van der Waals surface area contributed by atoms with E-state index in [9.17, 15) is 61.5 Å². The zero-order valence-electron chi connectivity index (χ0n) is 21.4. The van der Waals surface area contributed by atoms with Crippen LogP contribution in [0.15, 0.2) is 48.5 Å². The predicted molar refractivity (Wildman–Crippen MR) is 130 cm³/mol. The fourth-order valence-electron chi connectivity index (χ4n) is 3.88. The van der Waals surface area contributed by atoms with Gasteiger partial charge in [-0.3, -0.25) is 18.7 Å². The minimum absolute atomic E-state index is 0.0197. The third-order valence-corrected chi connectivity index (χ3v) is 8.83. The summed E-state index contributed by atoms with van der Waals surface area (Å²) in [5.41, 5.74) is -5.30. The van der Waals surface area contributed by atoms with Gasteiger partial charge in [0, 0.05) is 22.3 Å². The standard InChI is InChI=1S/C24H22F8O8S2/c1-3-17(41(35,36)37)19(33)13-5-9-15(10-6-13)21(25,26)23(29,30)24(31,32)22(27,28)16-11-7-14(8-12-16)20(34)18(4-2)42(38,39)40/h5-12,17-18H,3-4H2,1-2H3,(H,35,36,37)(H,38,39,40). The Bertz CT molecular complexity index is 1420. The van der Waals surface area contributed by atoms with E-state index in [0.717, 1.165) is 13.8 Å². The molecule has 0 bridgehead atoms. The molecule has 234 valence electrons. The van der Waals surface area contributed by atoms with E-state index in [0.29, 0.717) is 24.3 Å². The molecular weight excluding hydrogens is 632 g/mol. The Labute approximate surface area is 234 Å². The Kier molecular flexibility index (Phi) is 9.74. The molecule has 2 aromatic carbocycles. The molecule has 2 atom stereocenters. The Hall–Kier alpha value is -2.96. The molecule has 2 N–H and O–H groups in total. The third-order valence-electron chi connectivity index (χ3n) is 6.29. The van der Waals surface area contributed by atoms with Gasteiger partial charge in [-0.05, 0) is 12.8 Å². The van der Waals surface area contributed by atoms with Gasteiger partial charge in [0.1, 0.15) is 10.5 Å². The minimum atomic E-state index is -6.80. The molecule has 0 amide bonds. The van der Waals surface area contributed by atoms with Crippen LogP contribution < -0.4 is 0 Å². The third kappa shape index (κ3) is 6.21. The van der Waals surface area contributed by atoms with E-state index in [2.05, 4.69) is 0 Å². The van der Waals surface area contributed by atoms with Gasteiger partial charge in [-0.2, -0.15) is 52.0 Å². The number of benzene rings is 2. The number of carbonyl (C=O) groups excluding carboxylic acids is 2. The number of rotatable bonds is 13. The number of ketones is 2. The second-order valence-electron chi connectivity index (χ2n) is 9.00. The topological polar surface area (TPSA) is 143 Å². The normalized spacial score (nSPS) is 15.2. The van der Waals surface area contributed by atoms with Crippen LogP contribution in [0.2, 0.25) is 0 Å². The van der Waals surface area contributed by atoms with Crippen LogP contribution >= 0.6 is 0 Å². The lowest BCUT2D eigenvalue weighted by molar-refractivity contribution is -0.374. The highest BCUT2D eigenvalue weighted by atomic mass is 32.2. The van der Waals surface area contributed by atoms with Crippen molar-refractivity contribution in [2.45, 2.75) is 60.9 Å². The van der Waals surface area contributed by atoms with Crippen LogP contribution in [0.1, 0.15) is 58.5 Å². The summed E-state index contributed by atoms with van der Waals surface area (Å²) in [4.78, 5) is 24.5. The summed E-state index contributed by atoms with van der Waals surface area (Å²) < 4.78 is 181. The summed E-state index contributed by atoms with van der Waals surface area (Å²) in [7, 11) is -9.93. The van der Waals surface area contributed by atoms with Crippen molar-refractivity contribution >= 4 is 31.8 Å². The smallest absolute Gasteiger partial charge is 0.293 e. The van der Waals surface area contributed by atoms with Gasteiger partial charge < -0.3 is 0 Å². The highest BCUT2D eigenvalue weighted by molar-refractivity contribution is 7.87. The Morgan fingerprint density at radius 1 is 0.595 bits per heavy atom. The van der Waals surface area contributed by atoms with E-state index in [1.165, 1.54) is 0 Å². The van der Waals surface area contributed by atoms with E-state index in [1.54, 1.807) is 0 Å². The van der Waals surface area contributed by atoms with Gasteiger partial charge in [0.05, 0.1) is 0 Å². The Morgan fingerprint density at radius 3 is 1.02 bits per heavy atom. The highest BCUT2D eigenvalue weighted by Gasteiger charge is 2.81. The summed E-state index contributed by atoms with van der Waals surface area (Å²) in [6.45, 7) is 2.32. The molecule has 2 rings (SSSR count). The predicted octanol–water partition coefficient (Wildman–Crippen LogP) is 5.54. The number of halogens is 8. The second-order valence-corrected chi connectivity index (χ2v) is 12.2. The molecule has 0 aliphatic rings. The molecule has 0 fully saturated rings. The lowest BCUT2D eigenvalue weighted by Crippen LogP contribution is -2.59. The van der Waals surface area contributed by atoms with E-state index in [1.807, 2.05) is 0 Å². The first kappa shape index (κ1) is 35.2. The SMILES string of the molecule is CCC(C(=O)c1ccc(C(F)(F)C(F)(F)C(F)(F)C(F)(F)c2ccc(C(=O)C(CC)S(=O)(=O)O)cc2)cc1)S(=O)(=O)O. The lowest BCUT2D eigenvalue weighted by atomic mass is 9.89. The van der Waals surface area contributed by atoms with Gasteiger partial charge in [0.2, 0.25) is 0 Å². The van der Waals surface area contributed by atoms with Gasteiger partial charge >= 0.3 is 23.7 Å². The van der Waals surface area contributed by atoms with Crippen LogP contribution in [0.25, 0.3) is 0 Å². The summed E-state index contributed by atoms with van der Waals surface area (Å²) in [6.07, 6.45) is -0.965. The lowest BCUT2D eigenvalue weighted by Gasteiger charge is -2.37. The van der Waals surface area contributed by atoms with Crippen LogP contribution in [-0.2, 0) is 32.1 Å². The quantitative estimate of drug-likeness (QED) is 0.163. The zero-order valence-corrected chi connectivity index (χ0v) is 23.0. The fraction of sp³-hybridized carbons (Fsp3) is 0.417. The molecule has 8 nitrogen and oxygen atoms in total. The highest BCUT2D eigenvalue weighted by Crippen LogP contribution is 2.59. The van der Waals surface area contributed by atoms with Crippen LogP contribution in [-0.4, -0.2) is 59.9 Å². The van der Waals surface area contributed by atoms with Crippen LogP contribution in [0.5, 0.6) is 0 Å². The number of hydrogen-bond acceptors (Lipinski definition) is 6. The van der Waals surface area contributed by atoms with Crippen molar-refractivity contribution in [1.29, 1.82) is 0 Å². The molecule has 0 aromatic heterocycles. The number of Topliss-reactive ketones (excluding diaryl/α,β-unsaturated/α-hetero) is 2. The molecule has 0 aliphatic heterocycles. The average molecular weight is 655 g/mol. The van der Waals surface area contributed by atoms with Crippen molar-refractivity contribution in [2.24, 2.45) is 0 Å². The molecule has 2 aromatic rings. The molecule has 0 heterocycles. The number of alkyl halides is 8. The van der Waals surface area contributed by atoms with Crippen molar-refractivity contribution in [2.75, 3.05) is 0 Å². The molecule has 2 unspecified atom stereocenters. The molecule has 18 heteroatoms. The Balaban J connectivity index is 2.46. The molecular formula is C24H22F8O8S2. The molecule has 0 aliphatic carbocycles. The molecule has 0 spiro atoms. The Morgan fingerprint density at radius 2 is 0.833 bits per heavy atom. The second kappa shape index (κ2) is 11.6. The first-order valence-corrected chi connectivity index (χ1v) is 14.6. The number of hydrogen-bond donors (Lipinski definition) is 2. The zero-order chi connectivity index (χ0) is 32.7. The van der Waals surface area contributed by atoms with Gasteiger partial charge in [-0.1, -0.05) is 62.4 Å². The molecule has 0 saturated heterocycles. The van der Waals surface area contributed by atoms with Crippen molar-refractivity contribution in [3.8, 4) is 0 Å². The maximum atomic E-state index is 14.7. The van der Waals surface area contributed by atoms with Gasteiger partial charge in [-0.15, -0.1) is 0 Å². The van der Waals surface area contributed by atoms with E-state index >= 15 is 0 Å². The van der Waals surface area contributed by atoms with E-state index in [4.69, 9.17) is 9.11 Å². The van der Waals surface area contributed by atoms with Crippen molar-refractivity contribution in [1.82, 2.24) is 0 Å². The van der Waals surface area contributed by atoms with Gasteiger partial charge in [0.25, 0.3) is 20.2 Å². The van der Waals surface area contributed by atoms with Gasteiger partial charge in [0.15, 0.2) is 11.6 Å². The van der Waals surface area contributed by atoms with Crippen LogP contribution in [0.3, 0.4) is 0 Å². The van der Waals surface area contributed by atoms with Crippen molar-refractivity contribution in [3.63, 3.8) is 0 Å². The summed E-state index contributed by atoms with van der Waals surface area (Å²) in [5, 5.41) is -4.12. The number of carbonyl (C=O) groups is 2. The summed E-state index contributed by atoms with van der Waals surface area (Å²) in [5.74, 6) is -28.3. The van der Waals surface area contributed by atoms with Crippen molar-refractivity contribution < 1.29 is 70.7 Å². The first-order chi connectivity index (χ1) is 18.9. The maximum absolute atomic E-state index is 14.7.